The highest BCUT2D eigenvalue weighted by atomic mass is 32.2. The van der Waals surface area contributed by atoms with Gasteiger partial charge in [0.25, 0.3) is 10.4 Å². The first-order valence-corrected chi connectivity index (χ1v) is 11.6. The van der Waals surface area contributed by atoms with Gasteiger partial charge in [-0.1, -0.05) is 67.2 Å². The van der Waals surface area contributed by atoms with E-state index in [2.05, 4.69) is 54.2 Å². The Morgan fingerprint density at radius 2 is 1.73 bits per heavy atom. The van der Waals surface area contributed by atoms with E-state index in [0.29, 0.717) is 45.2 Å². The first-order valence-electron chi connectivity index (χ1n) is 9.64. The van der Waals surface area contributed by atoms with E-state index in [1.807, 2.05) is 0 Å². The summed E-state index contributed by atoms with van der Waals surface area (Å²) in [4.78, 5) is 0. The van der Waals surface area contributed by atoms with Crippen LogP contribution >= 0.6 is 23.5 Å². The highest BCUT2D eigenvalue weighted by Crippen LogP contribution is 2.65. The van der Waals surface area contributed by atoms with Gasteiger partial charge >= 0.3 is 0 Å². The molecular formula is C21H23FN4O2S2. The van der Waals surface area contributed by atoms with Crippen molar-refractivity contribution < 1.29 is 13.2 Å². The van der Waals surface area contributed by atoms with Crippen LogP contribution in [0.3, 0.4) is 0 Å². The van der Waals surface area contributed by atoms with Gasteiger partial charge in [-0.2, -0.15) is 0 Å². The minimum absolute atomic E-state index is 0.128. The molecular weight excluding hydrogens is 423 g/mol. The summed E-state index contributed by atoms with van der Waals surface area (Å²) in [5.41, 5.74) is 2.02. The van der Waals surface area contributed by atoms with Crippen LogP contribution in [0, 0.1) is 17.2 Å². The van der Waals surface area contributed by atoms with Crippen LogP contribution in [0.15, 0.2) is 55.2 Å². The Bertz CT molecular complexity index is 1060. The largest absolute Gasteiger partial charge is 0.416 e. The van der Waals surface area contributed by atoms with Crippen LogP contribution in [0.5, 0.6) is 0 Å². The second-order valence-corrected chi connectivity index (χ2v) is 9.96. The highest BCUT2D eigenvalue weighted by Gasteiger charge is 2.60. The number of aromatic nitrogens is 4. The predicted molar refractivity (Wildman–Crippen MR) is 114 cm³/mol. The Labute approximate surface area is 183 Å². The number of rotatable bonds is 8. The van der Waals surface area contributed by atoms with Crippen molar-refractivity contribution in [3.63, 3.8) is 0 Å². The molecule has 2 heterocycles. The maximum Gasteiger partial charge on any atom is 0.277 e. The van der Waals surface area contributed by atoms with Gasteiger partial charge in [0, 0.05) is 11.7 Å². The van der Waals surface area contributed by atoms with Crippen LogP contribution in [-0.2, 0) is 11.5 Å². The van der Waals surface area contributed by atoms with E-state index in [1.165, 1.54) is 35.2 Å². The van der Waals surface area contributed by atoms with Gasteiger partial charge in [-0.05, 0) is 36.8 Å². The lowest BCUT2D eigenvalue weighted by Crippen LogP contribution is -1.90. The second kappa shape index (κ2) is 8.55. The molecule has 6 nitrogen and oxygen atoms in total. The van der Waals surface area contributed by atoms with Crippen molar-refractivity contribution >= 4 is 23.5 Å². The van der Waals surface area contributed by atoms with Crippen molar-refractivity contribution in [3.05, 3.63) is 59.1 Å². The van der Waals surface area contributed by atoms with Crippen LogP contribution in [0.4, 0.5) is 4.39 Å². The molecule has 158 valence electrons. The summed E-state index contributed by atoms with van der Waals surface area (Å²) in [7, 11) is 0. The molecule has 0 saturated heterocycles. The van der Waals surface area contributed by atoms with Crippen LogP contribution in [0.25, 0.3) is 0 Å². The van der Waals surface area contributed by atoms with Crippen molar-refractivity contribution in [3.8, 4) is 0 Å². The van der Waals surface area contributed by atoms with Gasteiger partial charge < -0.3 is 8.83 Å². The van der Waals surface area contributed by atoms with Gasteiger partial charge in [-0.3, -0.25) is 0 Å². The monoisotopic (exact) mass is 446 g/mol. The number of allylic oxidation sites excluding steroid dienone is 2. The molecule has 1 fully saturated rings. The summed E-state index contributed by atoms with van der Waals surface area (Å²) in [5.74, 6) is 2.43. The number of halogens is 1. The quantitative estimate of drug-likeness (QED) is 0.313. The Balaban J connectivity index is 1.31. The van der Waals surface area contributed by atoms with Crippen LogP contribution in [0.2, 0.25) is 0 Å². The molecule has 0 spiro atoms. The molecule has 0 radical (unpaired) electrons. The Morgan fingerprint density at radius 1 is 1.03 bits per heavy atom. The molecule has 9 heteroatoms. The molecule has 3 aromatic rings. The van der Waals surface area contributed by atoms with Crippen LogP contribution < -0.4 is 0 Å². The molecule has 2 aromatic heterocycles. The normalized spacial score (nSPS) is 19.6. The minimum atomic E-state index is -0.238. The zero-order chi connectivity index (χ0) is 21.3. The van der Waals surface area contributed by atoms with Gasteiger partial charge in [0.15, 0.2) is 0 Å². The van der Waals surface area contributed by atoms with E-state index in [1.54, 1.807) is 18.2 Å². The molecule has 30 heavy (non-hydrogen) atoms. The zero-order valence-corrected chi connectivity index (χ0v) is 18.9. The lowest BCUT2D eigenvalue weighted by Gasteiger charge is -1.99. The lowest BCUT2D eigenvalue weighted by molar-refractivity contribution is 0.398. The third kappa shape index (κ3) is 4.62. The molecule has 1 aliphatic carbocycles. The first-order chi connectivity index (χ1) is 14.3. The maximum atomic E-state index is 13.7. The molecule has 1 aromatic carbocycles. The lowest BCUT2D eigenvalue weighted by atomic mass is 10.1. The fourth-order valence-electron chi connectivity index (χ4n) is 3.46. The third-order valence-electron chi connectivity index (χ3n) is 5.19. The summed E-state index contributed by atoms with van der Waals surface area (Å²) in [5, 5.41) is 17.3. The fourth-order valence-corrected chi connectivity index (χ4v) is 4.83. The van der Waals surface area contributed by atoms with E-state index in [0.717, 1.165) is 0 Å². The average Bonchev–Trinajstić information content (AvgIpc) is 3.11. The molecule has 0 bridgehead atoms. The van der Waals surface area contributed by atoms with Crippen LogP contribution in [0.1, 0.15) is 51.0 Å². The summed E-state index contributed by atoms with van der Waals surface area (Å²) in [6.45, 7) is 8.65. The van der Waals surface area contributed by atoms with Crippen LogP contribution in [-0.4, -0.2) is 20.4 Å². The zero-order valence-electron chi connectivity index (χ0n) is 17.3. The highest BCUT2D eigenvalue weighted by molar-refractivity contribution is 7.98. The SMILES string of the molecule is CC(C)=C[C@@H]1[C@@H](c2nnc(SCc3nnc(SCc4ccccc4F)o3)o2)C1(C)C. The molecule has 2 atom stereocenters. The van der Waals surface area contributed by atoms with E-state index in [-0.39, 0.29) is 17.2 Å². The Morgan fingerprint density at radius 3 is 2.50 bits per heavy atom. The van der Waals surface area contributed by atoms with E-state index < -0.39 is 0 Å². The number of hydrogen-bond donors (Lipinski definition) is 0. The number of benzene rings is 1. The average molecular weight is 447 g/mol. The summed E-state index contributed by atoms with van der Waals surface area (Å²) >= 11 is 2.67. The standard InChI is InChI=1S/C21H23FN4O2S2/c1-12(2)9-14-17(21(14,3)4)18-24-26-20(28-18)30-11-16-23-25-19(27-16)29-10-13-7-5-6-8-15(13)22/h5-9,14,17H,10-11H2,1-4H3/t14-,17+/m1/s1. The number of nitrogens with zero attached hydrogens (tertiary/aromatic N) is 4. The van der Waals surface area contributed by atoms with Gasteiger partial charge in [0.05, 0.1) is 5.75 Å². The molecule has 1 aliphatic rings. The smallest absolute Gasteiger partial charge is 0.277 e. The Kier molecular flexibility index (Phi) is 6.02. The molecule has 4 rings (SSSR count). The van der Waals surface area contributed by atoms with Gasteiger partial charge in [0.2, 0.25) is 11.8 Å². The van der Waals surface area contributed by atoms with Gasteiger partial charge in [-0.15, -0.1) is 20.4 Å². The number of hydrogen-bond acceptors (Lipinski definition) is 8. The van der Waals surface area contributed by atoms with Gasteiger partial charge in [-0.25, -0.2) is 4.39 Å². The molecule has 1 saturated carbocycles. The second-order valence-electron chi connectivity index (χ2n) is 8.11. The number of thioether (sulfide) groups is 2. The molecule has 0 amide bonds. The molecule has 0 N–H and O–H groups in total. The first kappa shape index (κ1) is 21.1. The van der Waals surface area contributed by atoms with Crippen molar-refractivity contribution in [2.75, 3.05) is 0 Å². The Hall–Kier alpha value is -2.13. The van der Waals surface area contributed by atoms with E-state index in [9.17, 15) is 4.39 Å². The van der Waals surface area contributed by atoms with Crippen molar-refractivity contribution in [2.45, 2.75) is 55.6 Å². The maximum absolute atomic E-state index is 13.7. The van der Waals surface area contributed by atoms with Crippen molar-refractivity contribution in [2.24, 2.45) is 11.3 Å². The van der Waals surface area contributed by atoms with E-state index in [4.69, 9.17) is 8.83 Å². The van der Waals surface area contributed by atoms with Crippen molar-refractivity contribution in [1.29, 1.82) is 0 Å². The van der Waals surface area contributed by atoms with Crippen molar-refractivity contribution in [1.82, 2.24) is 20.4 Å². The minimum Gasteiger partial charge on any atom is -0.416 e. The molecule has 0 unspecified atom stereocenters. The predicted octanol–water partition coefficient (Wildman–Crippen LogP) is 5.88. The summed E-state index contributed by atoms with van der Waals surface area (Å²) < 4.78 is 25.2. The summed E-state index contributed by atoms with van der Waals surface area (Å²) in [6, 6.07) is 6.65. The third-order valence-corrected chi connectivity index (χ3v) is 6.86. The van der Waals surface area contributed by atoms with Gasteiger partial charge in [0.1, 0.15) is 5.82 Å². The van der Waals surface area contributed by atoms with E-state index >= 15 is 0 Å². The fraction of sp³-hybridized carbons (Fsp3) is 0.429. The topological polar surface area (TPSA) is 77.8 Å². The molecule has 0 aliphatic heterocycles. The summed E-state index contributed by atoms with van der Waals surface area (Å²) in [6.07, 6.45) is 2.28.